The van der Waals surface area contributed by atoms with Gasteiger partial charge in [-0.2, -0.15) is 0 Å². The molecular weight excluding hydrogens is 511 g/mol. The molecule has 0 spiro atoms. The van der Waals surface area contributed by atoms with Crippen molar-refractivity contribution in [2.45, 2.75) is 124 Å². The Morgan fingerprint density at radius 1 is 0.844 bits per heavy atom. The van der Waals surface area contributed by atoms with Crippen LogP contribution in [-0.2, 0) is 4.43 Å². The van der Waals surface area contributed by atoms with Gasteiger partial charge in [0.15, 0.2) is 0 Å². The minimum absolute atomic E-state index is 0.294. The van der Waals surface area contributed by atoms with Crippen LogP contribution in [0.15, 0.2) is 33.9 Å². The van der Waals surface area contributed by atoms with E-state index in [-0.39, 0.29) is 0 Å². The molecule has 1 aromatic rings. The summed E-state index contributed by atoms with van der Waals surface area (Å²) in [6.07, 6.45) is 13.4. The molecule has 0 aliphatic rings. The van der Waals surface area contributed by atoms with E-state index in [0.717, 1.165) is 6.61 Å². The van der Waals surface area contributed by atoms with Gasteiger partial charge in [0, 0.05) is 0 Å². The van der Waals surface area contributed by atoms with Gasteiger partial charge in [0.25, 0.3) is 0 Å². The molecule has 0 heterocycles. The zero-order valence-electron chi connectivity index (χ0n) is 22.9. The predicted molar refractivity (Wildman–Crippen MR) is 152 cm³/mol. The van der Waals surface area contributed by atoms with Crippen molar-refractivity contribution < 1.29 is 4.43 Å². The summed E-state index contributed by atoms with van der Waals surface area (Å²) in [5.74, 6) is 0. The van der Waals surface area contributed by atoms with E-state index in [1.807, 2.05) is 3.59 Å². The Bertz CT molecular complexity index is 623. The number of hydrogen-bond donors (Lipinski definition) is 0. The second kappa shape index (κ2) is 15.0. The van der Waals surface area contributed by atoms with Gasteiger partial charge in [-0.3, -0.25) is 0 Å². The van der Waals surface area contributed by atoms with Crippen LogP contribution in [0, 0.1) is 0 Å². The summed E-state index contributed by atoms with van der Waals surface area (Å²) < 4.78 is 13.1. The molecule has 1 aromatic carbocycles. The van der Waals surface area contributed by atoms with Gasteiger partial charge in [-0.15, -0.1) is 0 Å². The molecule has 0 aromatic heterocycles. The topological polar surface area (TPSA) is 9.23 Å². The molecule has 0 saturated carbocycles. The van der Waals surface area contributed by atoms with Crippen molar-refractivity contribution in [1.29, 1.82) is 0 Å². The molecule has 0 aliphatic carbocycles. The predicted octanol–water partition coefficient (Wildman–Crippen LogP) is 10.3. The number of hydrogen-bond acceptors (Lipinski definition) is 1. The van der Waals surface area contributed by atoms with E-state index in [4.69, 9.17) is 4.43 Å². The Balaban J connectivity index is 3.18. The summed E-state index contributed by atoms with van der Waals surface area (Å²) >= 11 is -2.43. The van der Waals surface area contributed by atoms with Crippen molar-refractivity contribution >= 4 is 32.8 Å². The molecule has 0 unspecified atom stereocenters. The minimum atomic E-state index is -2.43. The van der Waals surface area contributed by atoms with Gasteiger partial charge in [0.2, 0.25) is 0 Å². The maximum absolute atomic E-state index is 6.59. The van der Waals surface area contributed by atoms with Crippen LogP contribution in [0.25, 0.3) is 6.08 Å². The van der Waals surface area contributed by atoms with Crippen LogP contribution in [0.4, 0.5) is 0 Å². The van der Waals surface area contributed by atoms with Gasteiger partial charge < -0.3 is 0 Å². The van der Waals surface area contributed by atoms with Crippen LogP contribution in [0.2, 0.25) is 31.4 Å². The van der Waals surface area contributed by atoms with Crippen molar-refractivity contribution in [2.24, 2.45) is 0 Å². The van der Waals surface area contributed by atoms with E-state index in [0.29, 0.717) is 5.04 Å². The summed E-state index contributed by atoms with van der Waals surface area (Å²) in [5.41, 5.74) is 1.42. The third-order valence-electron chi connectivity index (χ3n) is 7.71. The van der Waals surface area contributed by atoms with Crippen molar-refractivity contribution in [1.82, 2.24) is 0 Å². The summed E-state index contributed by atoms with van der Waals surface area (Å²) in [7, 11) is -1.66. The van der Waals surface area contributed by atoms with Crippen LogP contribution in [0.1, 0.15) is 98.5 Å². The monoisotopic (exact) mass is 566 g/mol. The fourth-order valence-corrected chi connectivity index (χ4v) is 22.6. The Morgan fingerprint density at radius 2 is 1.34 bits per heavy atom. The van der Waals surface area contributed by atoms with Gasteiger partial charge in [-0.1, -0.05) is 0 Å². The van der Waals surface area contributed by atoms with Crippen molar-refractivity contribution in [2.75, 3.05) is 6.61 Å². The van der Waals surface area contributed by atoms with Crippen LogP contribution in [-0.4, -0.2) is 33.3 Å². The summed E-state index contributed by atoms with van der Waals surface area (Å²) in [5, 5.41) is 0.294. The maximum atomic E-state index is 6.59. The van der Waals surface area contributed by atoms with E-state index in [9.17, 15) is 0 Å². The first-order valence-corrected chi connectivity index (χ1v) is 23.9. The molecule has 3 heteroatoms. The first-order chi connectivity index (χ1) is 15.1. The van der Waals surface area contributed by atoms with Gasteiger partial charge in [0.05, 0.1) is 0 Å². The van der Waals surface area contributed by atoms with E-state index < -0.39 is 26.7 Å². The Labute approximate surface area is 206 Å². The second-order valence-electron chi connectivity index (χ2n) is 11.4. The fourth-order valence-electron chi connectivity index (χ4n) is 4.45. The number of benzene rings is 1. The average molecular weight is 566 g/mol. The zero-order valence-corrected chi connectivity index (χ0v) is 26.7. The third kappa shape index (κ3) is 10.1. The number of rotatable bonds is 16. The third-order valence-corrected chi connectivity index (χ3v) is 28.5. The molecule has 32 heavy (non-hydrogen) atoms. The summed E-state index contributed by atoms with van der Waals surface area (Å²) in [4.78, 5) is 0. The Kier molecular flexibility index (Phi) is 14.1. The number of allylic oxidation sites excluding steroid dienone is 1. The molecule has 0 amide bonds. The quantitative estimate of drug-likeness (QED) is 0.143. The van der Waals surface area contributed by atoms with Crippen molar-refractivity contribution in [3.05, 3.63) is 39.5 Å². The van der Waals surface area contributed by atoms with E-state index >= 15 is 0 Å². The van der Waals surface area contributed by atoms with Gasteiger partial charge in [-0.05, 0) is 0 Å². The first-order valence-electron chi connectivity index (χ1n) is 13.5. The van der Waals surface area contributed by atoms with Crippen LogP contribution in [0.5, 0.6) is 0 Å². The van der Waals surface area contributed by atoms with Crippen LogP contribution >= 0.6 is 0 Å². The summed E-state index contributed by atoms with van der Waals surface area (Å²) in [6, 6.07) is 11.2. The Hall–Kier alpha value is -0.0644. The van der Waals surface area contributed by atoms with Gasteiger partial charge in [0.1, 0.15) is 0 Å². The molecule has 0 N–H and O–H groups in total. The second-order valence-corrected chi connectivity index (χ2v) is 29.6. The molecule has 0 aliphatic heterocycles. The fraction of sp³-hybridized carbons (Fsp3) is 0.724. The molecule has 1 nitrogen and oxygen atoms in total. The first kappa shape index (κ1) is 30.0. The summed E-state index contributed by atoms with van der Waals surface area (Å²) in [6.45, 7) is 19.9. The van der Waals surface area contributed by atoms with Gasteiger partial charge >= 0.3 is 208 Å². The SMILES string of the molecule is CCC[CH2][Sn]([CH2]CCC)([CH2]CCC)/[C](=C\c1ccccc1)CCCO[Si](C)(C)C(C)(C)C. The normalized spacial score (nSPS) is 13.6. The average Bonchev–Trinajstić information content (AvgIpc) is 2.75. The molecule has 1 rings (SSSR count). The van der Waals surface area contributed by atoms with E-state index in [2.05, 4.69) is 91.0 Å². The molecule has 0 radical (unpaired) electrons. The Morgan fingerprint density at radius 3 is 1.78 bits per heavy atom. The van der Waals surface area contributed by atoms with Crippen LogP contribution in [0.3, 0.4) is 0 Å². The molecular formula is C29H54OSiSn. The van der Waals surface area contributed by atoms with Crippen molar-refractivity contribution in [3.63, 3.8) is 0 Å². The van der Waals surface area contributed by atoms with E-state index in [1.54, 1.807) is 13.3 Å². The molecule has 184 valence electrons. The standard InChI is InChI=1S/C17H27OSi.3C4H9.Sn/c1-17(2,3)19(4,5)18-15-11-7-10-14-16-12-8-6-9-13-16;3*1-3-4-2;/h6,8-9,12-14H,7,11,15H2,1-5H3;3*1,3-4H2,2H3;. The van der Waals surface area contributed by atoms with Crippen molar-refractivity contribution in [3.8, 4) is 0 Å². The van der Waals surface area contributed by atoms with Gasteiger partial charge in [-0.25, -0.2) is 0 Å². The molecule has 0 bridgehead atoms. The number of unbranched alkanes of at least 4 members (excludes halogenated alkanes) is 3. The van der Waals surface area contributed by atoms with Crippen LogP contribution < -0.4 is 0 Å². The zero-order chi connectivity index (χ0) is 24.1. The molecule has 0 atom stereocenters. The van der Waals surface area contributed by atoms with E-state index in [1.165, 1.54) is 56.9 Å². The molecule has 0 fully saturated rings. The molecule has 0 saturated heterocycles.